The van der Waals surface area contributed by atoms with Crippen LogP contribution in [0.5, 0.6) is 0 Å². The second-order valence-electron chi connectivity index (χ2n) is 5.53. The van der Waals surface area contributed by atoms with Crippen molar-refractivity contribution in [2.45, 2.75) is 39.8 Å². The van der Waals surface area contributed by atoms with E-state index in [0.29, 0.717) is 13.0 Å². The number of carbonyl (C=O) groups is 2. The number of rotatable bonds is 7. The van der Waals surface area contributed by atoms with Crippen molar-refractivity contribution in [3.8, 4) is 0 Å². The van der Waals surface area contributed by atoms with Crippen LogP contribution in [0.4, 0.5) is 0 Å². The number of amides is 1. The van der Waals surface area contributed by atoms with Crippen molar-refractivity contribution in [2.24, 2.45) is 5.92 Å². The maximum Gasteiger partial charge on any atom is 0.326 e. The number of carboxylic acid groups (broad SMARTS) is 1. The van der Waals surface area contributed by atoms with Gasteiger partial charge in [0.1, 0.15) is 6.04 Å². The molecule has 2 unspecified atom stereocenters. The van der Waals surface area contributed by atoms with E-state index in [-0.39, 0.29) is 11.8 Å². The highest BCUT2D eigenvalue weighted by Crippen LogP contribution is 2.17. The number of aliphatic carboxylic acids is 1. The SMILES string of the molecule is C=C(C)CC(C)C(=O)N(Cc1ccccc1)C(C)C(=O)O. The molecule has 1 rings (SSSR count). The van der Waals surface area contributed by atoms with Gasteiger partial charge in [-0.2, -0.15) is 0 Å². The summed E-state index contributed by atoms with van der Waals surface area (Å²) in [6.45, 7) is 9.33. The van der Waals surface area contributed by atoms with Crippen LogP contribution in [-0.2, 0) is 16.1 Å². The lowest BCUT2D eigenvalue weighted by atomic mass is 10.0. The first-order chi connectivity index (χ1) is 9.82. The lowest BCUT2D eigenvalue weighted by Gasteiger charge is -2.29. The molecule has 114 valence electrons. The second-order valence-corrected chi connectivity index (χ2v) is 5.53. The van der Waals surface area contributed by atoms with Gasteiger partial charge >= 0.3 is 5.97 Å². The van der Waals surface area contributed by atoms with Crippen molar-refractivity contribution in [3.63, 3.8) is 0 Å². The van der Waals surface area contributed by atoms with Gasteiger partial charge in [-0.05, 0) is 25.8 Å². The van der Waals surface area contributed by atoms with Gasteiger partial charge in [0.05, 0.1) is 0 Å². The molecule has 0 aliphatic carbocycles. The van der Waals surface area contributed by atoms with Crippen molar-refractivity contribution in [1.82, 2.24) is 4.90 Å². The third-order valence-electron chi connectivity index (χ3n) is 3.38. The van der Waals surface area contributed by atoms with Crippen molar-refractivity contribution in [1.29, 1.82) is 0 Å². The highest BCUT2D eigenvalue weighted by Gasteiger charge is 2.28. The topological polar surface area (TPSA) is 57.6 Å². The zero-order valence-electron chi connectivity index (χ0n) is 12.9. The third-order valence-corrected chi connectivity index (χ3v) is 3.38. The number of nitrogens with zero attached hydrogens (tertiary/aromatic N) is 1. The highest BCUT2D eigenvalue weighted by atomic mass is 16.4. The Hall–Kier alpha value is -2.10. The van der Waals surface area contributed by atoms with Crippen molar-refractivity contribution in [3.05, 3.63) is 48.0 Å². The lowest BCUT2D eigenvalue weighted by molar-refractivity contribution is -0.151. The van der Waals surface area contributed by atoms with Gasteiger partial charge in [0.15, 0.2) is 0 Å². The summed E-state index contributed by atoms with van der Waals surface area (Å²) in [5.74, 6) is -1.42. The normalized spacial score (nSPS) is 13.3. The van der Waals surface area contributed by atoms with Crippen molar-refractivity contribution >= 4 is 11.9 Å². The van der Waals surface area contributed by atoms with Gasteiger partial charge in [0, 0.05) is 12.5 Å². The fourth-order valence-corrected chi connectivity index (χ4v) is 2.21. The van der Waals surface area contributed by atoms with E-state index in [0.717, 1.165) is 11.1 Å². The summed E-state index contributed by atoms with van der Waals surface area (Å²) >= 11 is 0. The molecule has 0 heterocycles. The third kappa shape index (κ3) is 5.06. The quantitative estimate of drug-likeness (QED) is 0.785. The molecule has 0 bridgehead atoms. The molecule has 1 aromatic carbocycles. The summed E-state index contributed by atoms with van der Waals surface area (Å²) in [4.78, 5) is 25.2. The van der Waals surface area contributed by atoms with Crippen LogP contribution in [0, 0.1) is 5.92 Å². The Morgan fingerprint density at radius 2 is 1.81 bits per heavy atom. The monoisotopic (exact) mass is 289 g/mol. The molecule has 2 atom stereocenters. The van der Waals surface area contributed by atoms with Crippen LogP contribution >= 0.6 is 0 Å². The molecule has 1 amide bonds. The number of carboxylic acids is 1. The van der Waals surface area contributed by atoms with E-state index in [9.17, 15) is 14.7 Å². The predicted octanol–water partition coefficient (Wildman–Crippen LogP) is 3.09. The van der Waals surface area contributed by atoms with Gasteiger partial charge in [0.2, 0.25) is 5.91 Å². The molecule has 0 saturated heterocycles. The minimum Gasteiger partial charge on any atom is -0.480 e. The van der Waals surface area contributed by atoms with Gasteiger partial charge in [-0.3, -0.25) is 4.79 Å². The van der Waals surface area contributed by atoms with E-state index >= 15 is 0 Å². The van der Waals surface area contributed by atoms with Crippen LogP contribution in [0.25, 0.3) is 0 Å². The second kappa shape index (κ2) is 7.62. The molecule has 0 aliphatic heterocycles. The Morgan fingerprint density at radius 1 is 1.24 bits per heavy atom. The molecule has 0 fully saturated rings. The smallest absolute Gasteiger partial charge is 0.326 e. The van der Waals surface area contributed by atoms with E-state index < -0.39 is 12.0 Å². The molecular weight excluding hydrogens is 266 g/mol. The average Bonchev–Trinajstić information content (AvgIpc) is 2.43. The standard InChI is InChI=1S/C17H23NO3/c1-12(2)10-13(3)16(19)18(14(4)17(20)21)11-15-8-6-5-7-9-15/h5-9,13-14H,1,10-11H2,2-4H3,(H,20,21). The summed E-state index contributed by atoms with van der Waals surface area (Å²) in [6, 6.07) is 8.56. The van der Waals surface area contributed by atoms with Gasteiger partial charge in [-0.25, -0.2) is 4.79 Å². The predicted molar refractivity (Wildman–Crippen MR) is 82.7 cm³/mol. The largest absolute Gasteiger partial charge is 0.480 e. The van der Waals surface area contributed by atoms with E-state index in [1.165, 1.54) is 11.8 Å². The number of hydrogen-bond acceptors (Lipinski definition) is 2. The summed E-state index contributed by atoms with van der Waals surface area (Å²) in [6.07, 6.45) is 0.566. The van der Waals surface area contributed by atoms with E-state index in [2.05, 4.69) is 6.58 Å². The maximum atomic E-state index is 12.6. The first kappa shape index (κ1) is 17.0. The van der Waals surface area contributed by atoms with E-state index in [4.69, 9.17) is 0 Å². The summed E-state index contributed by atoms with van der Waals surface area (Å²) < 4.78 is 0. The maximum absolute atomic E-state index is 12.6. The van der Waals surface area contributed by atoms with Crippen LogP contribution < -0.4 is 0 Å². The Bertz CT molecular complexity index is 510. The number of carbonyl (C=O) groups excluding carboxylic acids is 1. The fourth-order valence-electron chi connectivity index (χ4n) is 2.21. The van der Waals surface area contributed by atoms with Gasteiger partial charge in [0.25, 0.3) is 0 Å². The van der Waals surface area contributed by atoms with E-state index in [1.54, 1.807) is 0 Å². The van der Waals surface area contributed by atoms with Crippen LogP contribution in [0.2, 0.25) is 0 Å². The van der Waals surface area contributed by atoms with Crippen LogP contribution in [0.3, 0.4) is 0 Å². The highest BCUT2D eigenvalue weighted by molar-refractivity contribution is 5.84. The number of benzene rings is 1. The minimum absolute atomic E-state index is 0.156. The fraction of sp³-hybridized carbons (Fsp3) is 0.412. The Labute approximate surface area is 126 Å². The molecule has 4 nitrogen and oxygen atoms in total. The Kier molecular flexibility index (Phi) is 6.15. The zero-order chi connectivity index (χ0) is 16.0. The molecule has 0 spiro atoms. The van der Waals surface area contributed by atoms with Crippen molar-refractivity contribution < 1.29 is 14.7 Å². The lowest BCUT2D eigenvalue weighted by Crippen LogP contribution is -2.45. The number of hydrogen-bond donors (Lipinski definition) is 1. The molecular formula is C17H23NO3. The first-order valence-corrected chi connectivity index (χ1v) is 7.04. The van der Waals surface area contributed by atoms with Crippen molar-refractivity contribution in [2.75, 3.05) is 0 Å². The molecule has 21 heavy (non-hydrogen) atoms. The van der Waals surface area contributed by atoms with Gasteiger partial charge in [-0.1, -0.05) is 42.8 Å². The first-order valence-electron chi connectivity index (χ1n) is 7.04. The van der Waals surface area contributed by atoms with E-state index in [1.807, 2.05) is 44.2 Å². The molecule has 0 radical (unpaired) electrons. The van der Waals surface area contributed by atoms with Gasteiger partial charge < -0.3 is 10.0 Å². The molecule has 1 N–H and O–H groups in total. The summed E-state index contributed by atoms with van der Waals surface area (Å²) in [5, 5.41) is 9.23. The molecule has 4 heteroatoms. The Balaban J connectivity index is 2.94. The van der Waals surface area contributed by atoms with Crippen LogP contribution in [0.1, 0.15) is 32.8 Å². The zero-order valence-corrected chi connectivity index (χ0v) is 12.9. The summed E-state index contributed by atoms with van der Waals surface area (Å²) in [5.41, 5.74) is 1.83. The molecule has 0 aliphatic rings. The molecule has 0 aromatic heterocycles. The number of allylic oxidation sites excluding steroid dienone is 1. The average molecular weight is 289 g/mol. The van der Waals surface area contributed by atoms with Crippen LogP contribution in [0.15, 0.2) is 42.5 Å². The summed E-state index contributed by atoms with van der Waals surface area (Å²) in [7, 11) is 0. The molecule has 1 aromatic rings. The minimum atomic E-state index is -0.998. The molecule has 0 saturated carbocycles. The van der Waals surface area contributed by atoms with Gasteiger partial charge in [-0.15, -0.1) is 6.58 Å². The Morgan fingerprint density at radius 3 is 2.29 bits per heavy atom. The van der Waals surface area contributed by atoms with Crippen LogP contribution in [-0.4, -0.2) is 27.9 Å².